The second kappa shape index (κ2) is 13.9. The number of hydrogen-bond acceptors (Lipinski definition) is 11. The number of ketones is 1. The molecule has 2 aliphatic heterocycles. The van der Waals surface area contributed by atoms with E-state index >= 15 is 0 Å². The SMILES string of the molecule is C=CCOC(=O)c1sc(N2C(=O)C(=O)/C(=C(/O)c3ccc4c(c3)OCCO4)C2c2ccc(OCCCC)c(OCC)c2)nc1C. The maximum absolute atomic E-state index is 13.8. The van der Waals surface area contributed by atoms with Gasteiger partial charge in [0.05, 0.1) is 30.5 Å². The Morgan fingerprint density at radius 3 is 2.62 bits per heavy atom. The zero-order chi connectivity index (χ0) is 32.1. The number of aryl methyl sites for hydroxylation is 1. The van der Waals surface area contributed by atoms with E-state index in [2.05, 4.69) is 18.5 Å². The summed E-state index contributed by atoms with van der Waals surface area (Å²) in [5, 5.41) is 11.7. The van der Waals surface area contributed by atoms with Crippen molar-refractivity contribution >= 4 is 39.9 Å². The van der Waals surface area contributed by atoms with Crippen LogP contribution in [0, 0.1) is 6.92 Å². The zero-order valence-electron chi connectivity index (χ0n) is 25.3. The number of aliphatic hydroxyl groups excluding tert-OH is 1. The molecule has 236 valence electrons. The summed E-state index contributed by atoms with van der Waals surface area (Å²) < 4.78 is 28.3. The number of nitrogens with zero attached hydrogens (tertiary/aromatic N) is 2. The molecular weight excluding hydrogens is 600 g/mol. The number of unbranched alkanes of at least 4 members (excludes halogenated alkanes) is 1. The summed E-state index contributed by atoms with van der Waals surface area (Å²) in [6, 6.07) is 8.78. The van der Waals surface area contributed by atoms with Gasteiger partial charge in [0.2, 0.25) is 0 Å². The third kappa shape index (κ3) is 6.37. The van der Waals surface area contributed by atoms with Gasteiger partial charge in [0.1, 0.15) is 30.5 Å². The van der Waals surface area contributed by atoms with Gasteiger partial charge >= 0.3 is 11.9 Å². The first-order chi connectivity index (χ1) is 21.8. The number of thiazole rings is 1. The molecule has 1 aromatic heterocycles. The summed E-state index contributed by atoms with van der Waals surface area (Å²) >= 11 is 0.915. The average molecular weight is 635 g/mol. The van der Waals surface area contributed by atoms with Gasteiger partial charge < -0.3 is 28.8 Å². The van der Waals surface area contributed by atoms with Crippen molar-refractivity contribution in [3.05, 3.63) is 76.3 Å². The third-order valence-corrected chi connectivity index (χ3v) is 8.24. The van der Waals surface area contributed by atoms with E-state index in [1.54, 1.807) is 43.3 Å². The second-order valence-corrected chi connectivity index (χ2v) is 11.1. The summed E-state index contributed by atoms with van der Waals surface area (Å²) in [5.74, 6) is -1.04. The molecule has 1 amide bonds. The third-order valence-electron chi connectivity index (χ3n) is 7.11. The molecule has 1 N–H and O–H groups in total. The lowest BCUT2D eigenvalue weighted by Crippen LogP contribution is -2.29. The van der Waals surface area contributed by atoms with Crippen LogP contribution in [0.5, 0.6) is 23.0 Å². The number of carbonyl (C=O) groups excluding carboxylic acids is 3. The number of fused-ring (bicyclic) bond motifs is 1. The molecule has 0 radical (unpaired) electrons. The molecule has 2 aliphatic rings. The number of rotatable bonds is 12. The topological polar surface area (TPSA) is 134 Å². The fraction of sp³-hybridized carbons (Fsp3) is 0.333. The lowest BCUT2D eigenvalue weighted by Gasteiger charge is -2.24. The molecule has 1 atom stereocenters. The number of aromatic nitrogens is 1. The lowest BCUT2D eigenvalue weighted by molar-refractivity contribution is -0.132. The molecule has 1 saturated heterocycles. The van der Waals surface area contributed by atoms with E-state index in [1.807, 2.05) is 6.92 Å². The van der Waals surface area contributed by atoms with Crippen LogP contribution in [-0.2, 0) is 14.3 Å². The molecule has 0 spiro atoms. The Labute approximate surface area is 264 Å². The van der Waals surface area contributed by atoms with Crippen LogP contribution in [0.2, 0.25) is 0 Å². The minimum Gasteiger partial charge on any atom is -0.507 e. The number of aliphatic hydroxyl groups is 1. The maximum atomic E-state index is 13.8. The standard InChI is InChI=1S/C33H34N2O9S/c1-5-8-14-41-22-11-9-20(17-24(22)40-7-3)27-26(28(36)21-10-12-23-25(18-21)43-16-15-42-23)29(37)31(38)35(27)33-34-19(4)30(45-33)32(39)44-13-6-2/h6,9-12,17-18,27,36H,2,5,7-8,13-16H2,1,3-4H3/b28-26+. The predicted molar refractivity (Wildman–Crippen MR) is 168 cm³/mol. The Bertz CT molecular complexity index is 1660. The smallest absolute Gasteiger partial charge is 0.350 e. The Kier molecular flexibility index (Phi) is 9.72. The van der Waals surface area contributed by atoms with E-state index in [4.69, 9.17) is 23.7 Å². The molecule has 5 rings (SSSR count). The van der Waals surface area contributed by atoms with Gasteiger partial charge in [0.25, 0.3) is 5.78 Å². The van der Waals surface area contributed by atoms with Crippen molar-refractivity contribution in [1.29, 1.82) is 0 Å². The Hall–Kier alpha value is -4.84. The van der Waals surface area contributed by atoms with Crippen LogP contribution < -0.4 is 23.8 Å². The molecule has 3 heterocycles. The van der Waals surface area contributed by atoms with Crippen molar-refractivity contribution in [2.24, 2.45) is 0 Å². The van der Waals surface area contributed by atoms with E-state index < -0.39 is 29.5 Å². The highest BCUT2D eigenvalue weighted by Crippen LogP contribution is 2.46. The first-order valence-corrected chi connectivity index (χ1v) is 15.5. The van der Waals surface area contributed by atoms with Crippen LogP contribution in [-0.4, -0.2) is 60.8 Å². The summed E-state index contributed by atoms with van der Waals surface area (Å²) in [6.45, 7) is 10.6. The Morgan fingerprint density at radius 2 is 1.89 bits per heavy atom. The highest BCUT2D eigenvalue weighted by molar-refractivity contribution is 7.17. The fourth-order valence-electron chi connectivity index (χ4n) is 4.97. The fourth-order valence-corrected chi connectivity index (χ4v) is 5.96. The maximum Gasteiger partial charge on any atom is 0.350 e. The van der Waals surface area contributed by atoms with E-state index in [-0.39, 0.29) is 27.8 Å². The molecule has 2 aromatic carbocycles. The normalized spacial score (nSPS) is 16.9. The molecule has 12 heteroatoms. The molecule has 0 bridgehead atoms. The van der Waals surface area contributed by atoms with Gasteiger partial charge in [-0.15, -0.1) is 0 Å². The van der Waals surface area contributed by atoms with Gasteiger partial charge in [-0.2, -0.15) is 0 Å². The summed E-state index contributed by atoms with van der Waals surface area (Å²) in [6.07, 6.45) is 3.24. The van der Waals surface area contributed by atoms with E-state index in [1.165, 1.54) is 11.0 Å². The summed E-state index contributed by atoms with van der Waals surface area (Å²) in [4.78, 5) is 46.1. The van der Waals surface area contributed by atoms with Crippen LogP contribution in [0.15, 0.2) is 54.6 Å². The number of amides is 1. The minimum atomic E-state index is -1.12. The largest absolute Gasteiger partial charge is 0.507 e. The molecule has 3 aromatic rings. The molecule has 45 heavy (non-hydrogen) atoms. The molecule has 0 aliphatic carbocycles. The van der Waals surface area contributed by atoms with E-state index in [0.29, 0.717) is 60.7 Å². The van der Waals surface area contributed by atoms with Crippen LogP contribution in [0.25, 0.3) is 5.76 Å². The monoisotopic (exact) mass is 634 g/mol. The number of benzene rings is 2. The molecule has 1 unspecified atom stereocenters. The molecule has 0 saturated carbocycles. The number of ether oxygens (including phenoxy) is 5. The van der Waals surface area contributed by atoms with Crippen molar-refractivity contribution in [3.63, 3.8) is 0 Å². The second-order valence-electron chi connectivity index (χ2n) is 10.2. The highest BCUT2D eigenvalue weighted by Gasteiger charge is 2.49. The molecule has 1 fully saturated rings. The number of carbonyl (C=O) groups is 3. The average Bonchev–Trinajstić information content (AvgIpc) is 3.56. The van der Waals surface area contributed by atoms with Crippen molar-refractivity contribution < 1.29 is 43.2 Å². The summed E-state index contributed by atoms with van der Waals surface area (Å²) in [5.41, 5.74) is 0.882. The number of anilines is 1. The van der Waals surface area contributed by atoms with Gasteiger partial charge in [0, 0.05) is 5.56 Å². The van der Waals surface area contributed by atoms with Crippen LogP contribution in [0.1, 0.15) is 59.2 Å². The number of hydrogen-bond donors (Lipinski definition) is 1. The number of Topliss-reactive ketones (excluding diaryl/α,β-unsaturated/α-hetero) is 1. The Balaban J connectivity index is 1.66. The first-order valence-electron chi connectivity index (χ1n) is 14.6. The van der Waals surface area contributed by atoms with Crippen LogP contribution in [0.3, 0.4) is 0 Å². The van der Waals surface area contributed by atoms with E-state index in [9.17, 15) is 19.5 Å². The highest BCUT2D eigenvalue weighted by atomic mass is 32.1. The van der Waals surface area contributed by atoms with E-state index in [0.717, 1.165) is 24.2 Å². The van der Waals surface area contributed by atoms with Gasteiger partial charge in [0.15, 0.2) is 28.1 Å². The van der Waals surface area contributed by atoms with Crippen molar-refractivity contribution in [2.45, 2.75) is 39.7 Å². The Morgan fingerprint density at radius 1 is 1.11 bits per heavy atom. The minimum absolute atomic E-state index is 0.00155. The summed E-state index contributed by atoms with van der Waals surface area (Å²) in [7, 11) is 0. The van der Waals surface area contributed by atoms with Crippen LogP contribution in [0.4, 0.5) is 5.13 Å². The van der Waals surface area contributed by atoms with Gasteiger partial charge in [-0.25, -0.2) is 9.78 Å². The lowest BCUT2D eigenvalue weighted by atomic mass is 9.95. The molecular formula is C33H34N2O9S. The van der Waals surface area contributed by atoms with Gasteiger partial charge in [-0.3, -0.25) is 14.5 Å². The van der Waals surface area contributed by atoms with Crippen molar-refractivity contribution in [2.75, 3.05) is 37.9 Å². The van der Waals surface area contributed by atoms with Crippen molar-refractivity contribution in [3.8, 4) is 23.0 Å². The van der Waals surface area contributed by atoms with Gasteiger partial charge in [-0.1, -0.05) is 43.4 Å². The van der Waals surface area contributed by atoms with Crippen LogP contribution >= 0.6 is 11.3 Å². The molecule has 11 nitrogen and oxygen atoms in total. The zero-order valence-corrected chi connectivity index (χ0v) is 26.1. The van der Waals surface area contributed by atoms with Crippen molar-refractivity contribution in [1.82, 2.24) is 4.98 Å². The number of esters is 1. The first kappa shape index (κ1) is 31.6. The predicted octanol–water partition coefficient (Wildman–Crippen LogP) is 5.77. The van der Waals surface area contributed by atoms with Gasteiger partial charge in [-0.05, 0) is 56.2 Å². The quantitative estimate of drug-likeness (QED) is 0.0654.